The molecule has 7 nitrogen and oxygen atoms in total. The van der Waals surface area contributed by atoms with Gasteiger partial charge in [-0.05, 0) is 37.8 Å². The van der Waals surface area contributed by atoms with Crippen LogP contribution >= 0.6 is 11.8 Å². The van der Waals surface area contributed by atoms with E-state index < -0.39 is 22.6 Å². The van der Waals surface area contributed by atoms with Gasteiger partial charge in [0.1, 0.15) is 5.39 Å². The van der Waals surface area contributed by atoms with Crippen molar-refractivity contribution in [3.05, 3.63) is 51.3 Å². The van der Waals surface area contributed by atoms with Crippen LogP contribution in [-0.4, -0.2) is 38.1 Å². The number of fused-ring (bicyclic) bond motifs is 2. The molecule has 0 atom stereocenters. The molecule has 0 radical (unpaired) electrons. The molecule has 146 valence electrons. The highest BCUT2D eigenvalue weighted by Crippen LogP contribution is 2.19. The number of carbonyl (C=O) groups is 1. The lowest BCUT2D eigenvalue weighted by Crippen LogP contribution is -2.27. The second kappa shape index (κ2) is 7.70. The van der Waals surface area contributed by atoms with Crippen LogP contribution in [-0.2, 0) is 12.8 Å². The summed E-state index contributed by atoms with van der Waals surface area (Å²) < 4.78 is 27.0. The summed E-state index contributed by atoms with van der Waals surface area (Å²) in [6, 6.07) is 2.19. The number of nitrogens with one attached hydrogen (secondary N) is 3. The fraction of sp³-hybridized carbons (Fsp3) is 0.333. The van der Waals surface area contributed by atoms with Crippen molar-refractivity contribution in [1.29, 1.82) is 0 Å². The molecule has 10 heteroatoms. The van der Waals surface area contributed by atoms with Crippen molar-refractivity contribution < 1.29 is 13.6 Å². The van der Waals surface area contributed by atoms with Gasteiger partial charge in [0.2, 0.25) is 0 Å². The Balaban J connectivity index is 1.36. The maximum Gasteiger partial charge on any atom is 0.287 e. The van der Waals surface area contributed by atoms with E-state index in [0.717, 1.165) is 43.1 Å². The van der Waals surface area contributed by atoms with E-state index in [1.807, 2.05) is 0 Å². The summed E-state index contributed by atoms with van der Waals surface area (Å²) in [6.45, 7) is 0.328. The molecule has 0 spiro atoms. The molecule has 3 aromatic rings. The lowest BCUT2D eigenvalue weighted by atomic mass is 10.0. The number of imidazole rings is 1. The lowest BCUT2D eigenvalue weighted by Gasteiger charge is -2.07. The normalized spacial score (nSPS) is 13.5. The van der Waals surface area contributed by atoms with Gasteiger partial charge in [-0.1, -0.05) is 11.8 Å². The van der Waals surface area contributed by atoms with Gasteiger partial charge in [-0.15, -0.1) is 0 Å². The molecule has 0 saturated heterocycles. The van der Waals surface area contributed by atoms with Crippen molar-refractivity contribution in [3.63, 3.8) is 0 Å². The molecule has 0 saturated carbocycles. The highest BCUT2D eigenvalue weighted by atomic mass is 32.2. The second-order valence-corrected chi connectivity index (χ2v) is 7.53. The zero-order valence-electron chi connectivity index (χ0n) is 14.8. The number of H-pyrrole nitrogens is 2. The predicted molar refractivity (Wildman–Crippen MR) is 101 cm³/mol. The summed E-state index contributed by atoms with van der Waals surface area (Å²) in [5, 5.41) is 2.63. The van der Waals surface area contributed by atoms with Crippen molar-refractivity contribution in [3.8, 4) is 0 Å². The first kappa shape index (κ1) is 18.6. The Morgan fingerprint density at radius 2 is 2.00 bits per heavy atom. The number of carbonyl (C=O) groups excluding carboxylic acids is 1. The Hall–Kier alpha value is -2.75. The second-order valence-electron chi connectivity index (χ2n) is 6.45. The number of amides is 1. The van der Waals surface area contributed by atoms with Gasteiger partial charge in [-0.3, -0.25) is 9.59 Å². The topological polar surface area (TPSA) is 104 Å². The van der Waals surface area contributed by atoms with Crippen molar-refractivity contribution in [2.24, 2.45) is 0 Å². The quantitative estimate of drug-likeness (QED) is 0.343. The molecule has 0 bridgehead atoms. The van der Waals surface area contributed by atoms with Gasteiger partial charge in [0.05, 0.1) is 11.2 Å². The number of aromatic amines is 2. The molecule has 1 aromatic carbocycles. The van der Waals surface area contributed by atoms with Crippen LogP contribution in [0.2, 0.25) is 0 Å². The number of benzene rings is 1. The van der Waals surface area contributed by atoms with Crippen LogP contribution in [0.1, 0.15) is 34.8 Å². The first-order valence-electron chi connectivity index (χ1n) is 8.89. The smallest absolute Gasteiger partial charge is 0.287 e. The van der Waals surface area contributed by atoms with Crippen LogP contribution < -0.4 is 10.9 Å². The number of hydrogen-bond acceptors (Lipinski definition) is 5. The molecule has 3 N–H and O–H groups in total. The molecule has 0 unspecified atom stereocenters. The number of thioether (sulfide) groups is 1. The number of halogens is 2. The molecule has 1 aliphatic rings. The molecular formula is C18H17F2N5O2S. The summed E-state index contributed by atoms with van der Waals surface area (Å²) in [5.74, 6) is -1.84. The first-order valence-corrected chi connectivity index (χ1v) is 9.88. The molecule has 1 amide bonds. The summed E-state index contributed by atoms with van der Waals surface area (Å²) >= 11 is 1.20. The molecule has 2 aromatic heterocycles. The van der Waals surface area contributed by atoms with Crippen LogP contribution in [0.4, 0.5) is 8.78 Å². The van der Waals surface area contributed by atoms with Gasteiger partial charge in [-0.25, -0.2) is 18.7 Å². The largest absolute Gasteiger partial charge is 0.349 e. The minimum atomic E-state index is -1.21. The zero-order valence-corrected chi connectivity index (χ0v) is 15.6. The predicted octanol–water partition coefficient (Wildman–Crippen LogP) is 2.33. The summed E-state index contributed by atoms with van der Waals surface area (Å²) in [6.07, 6.45) is 3.99. The minimum Gasteiger partial charge on any atom is -0.349 e. The first-order chi connectivity index (χ1) is 13.5. The molecule has 28 heavy (non-hydrogen) atoms. The lowest BCUT2D eigenvalue weighted by molar-refractivity contribution is 0.0946. The third-order valence-corrected chi connectivity index (χ3v) is 5.41. The fourth-order valence-corrected chi connectivity index (χ4v) is 3.90. The van der Waals surface area contributed by atoms with Crippen LogP contribution in [0.15, 0.2) is 22.1 Å². The minimum absolute atomic E-state index is 0.0790. The Bertz CT molecular complexity index is 1090. The van der Waals surface area contributed by atoms with Crippen molar-refractivity contribution in [2.45, 2.75) is 30.8 Å². The molecule has 0 aliphatic heterocycles. The number of hydrogen-bond donors (Lipinski definition) is 3. The van der Waals surface area contributed by atoms with E-state index in [2.05, 4.69) is 25.3 Å². The van der Waals surface area contributed by atoms with Gasteiger partial charge in [0.15, 0.2) is 22.6 Å². The van der Waals surface area contributed by atoms with E-state index in [-0.39, 0.29) is 16.6 Å². The zero-order chi connectivity index (χ0) is 19.7. The average Bonchev–Trinajstić information content (AvgIpc) is 3.12. The van der Waals surface area contributed by atoms with Gasteiger partial charge in [-0.2, -0.15) is 0 Å². The number of aryl methyl sites for hydroxylation is 2. The van der Waals surface area contributed by atoms with Crippen LogP contribution in [0.5, 0.6) is 0 Å². The van der Waals surface area contributed by atoms with Crippen LogP contribution in [0, 0.1) is 11.6 Å². The summed E-state index contributed by atoms with van der Waals surface area (Å²) in [5.41, 5.74) is 1.34. The Labute approximate surface area is 162 Å². The van der Waals surface area contributed by atoms with Gasteiger partial charge >= 0.3 is 0 Å². The third kappa shape index (κ3) is 3.64. The van der Waals surface area contributed by atoms with Crippen LogP contribution in [0.25, 0.3) is 10.9 Å². The SMILES string of the molecule is O=C(NCCSc1nc2ccc(F)c(F)c2c(=O)[nH]1)c1nc2c([nH]1)CCCC2. The number of rotatable bonds is 5. The molecule has 0 fully saturated rings. The van der Waals surface area contributed by atoms with Crippen molar-refractivity contribution >= 4 is 28.6 Å². The Morgan fingerprint density at radius 3 is 2.82 bits per heavy atom. The molecule has 4 rings (SSSR count). The Kier molecular flexibility index (Phi) is 5.12. The average molecular weight is 405 g/mol. The van der Waals surface area contributed by atoms with Gasteiger partial charge in [0.25, 0.3) is 11.5 Å². The van der Waals surface area contributed by atoms with Gasteiger partial charge < -0.3 is 15.3 Å². The van der Waals surface area contributed by atoms with Crippen molar-refractivity contribution in [2.75, 3.05) is 12.3 Å². The van der Waals surface area contributed by atoms with E-state index in [1.54, 1.807) is 0 Å². The number of aromatic nitrogens is 4. The molecular weight excluding hydrogens is 388 g/mol. The van der Waals surface area contributed by atoms with E-state index in [0.29, 0.717) is 18.1 Å². The molecule has 1 aliphatic carbocycles. The third-order valence-electron chi connectivity index (χ3n) is 4.54. The summed E-state index contributed by atoms with van der Waals surface area (Å²) in [7, 11) is 0. The van der Waals surface area contributed by atoms with E-state index in [1.165, 1.54) is 17.8 Å². The monoisotopic (exact) mass is 405 g/mol. The van der Waals surface area contributed by atoms with Crippen LogP contribution in [0.3, 0.4) is 0 Å². The Morgan fingerprint density at radius 1 is 1.18 bits per heavy atom. The maximum absolute atomic E-state index is 13.7. The fourth-order valence-electron chi connectivity index (χ4n) is 3.17. The van der Waals surface area contributed by atoms with Crippen molar-refractivity contribution in [1.82, 2.24) is 25.3 Å². The summed E-state index contributed by atoms with van der Waals surface area (Å²) in [4.78, 5) is 38.2. The van der Waals surface area contributed by atoms with E-state index >= 15 is 0 Å². The highest BCUT2D eigenvalue weighted by Gasteiger charge is 2.18. The van der Waals surface area contributed by atoms with Gasteiger partial charge in [0, 0.05) is 18.0 Å². The van der Waals surface area contributed by atoms with E-state index in [9.17, 15) is 18.4 Å². The van der Waals surface area contributed by atoms with E-state index in [4.69, 9.17) is 0 Å². The number of nitrogens with zero attached hydrogens (tertiary/aromatic N) is 2. The maximum atomic E-state index is 13.7. The highest BCUT2D eigenvalue weighted by molar-refractivity contribution is 7.99. The molecule has 2 heterocycles. The standard InChI is InChI=1S/C18H17F2N5O2S/c19-9-5-6-12-13(14(9)20)16(26)25-18(24-12)28-8-7-21-17(27)15-22-10-3-1-2-4-11(10)23-15/h5-6H,1-4,7-8H2,(H,21,27)(H,22,23)(H,24,25,26).